The number of hydrogen-bond donors (Lipinski definition) is 4. The van der Waals surface area contributed by atoms with Crippen molar-refractivity contribution in [2.75, 3.05) is 46.1 Å². The van der Waals surface area contributed by atoms with Gasteiger partial charge in [-0.2, -0.15) is 0 Å². The quantitative estimate of drug-likeness (QED) is 0.469. The highest BCUT2D eigenvalue weighted by atomic mass is 16.7. The van der Waals surface area contributed by atoms with Crippen molar-refractivity contribution < 1.29 is 19.1 Å². The summed E-state index contributed by atoms with van der Waals surface area (Å²) < 4.78 is 11.3. The topological polar surface area (TPSA) is 107 Å². The molecule has 0 bridgehead atoms. The number of nitrogens with one attached hydrogen (secondary N) is 4. The van der Waals surface area contributed by atoms with Crippen LogP contribution < -0.4 is 21.3 Å². The molecule has 0 aromatic heterocycles. The van der Waals surface area contributed by atoms with Gasteiger partial charge in [0, 0.05) is 38.3 Å². The summed E-state index contributed by atoms with van der Waals surface area (Å²) in [6.45, 7) is 5.61. The number of hydrogen-bond acceptors (Lipinski definition) is 7. The van der Waals surface area contributed by atoms with Crippen LogP contribution in [0.4, 0.5) is 4.79 Å². The zero-order valence-electron chi connectivity index (χ0n) is 19.6. The molecule has 2 aliphatic carbocycles. The lowest BCUT2D eigenvalue weighted by Crippen LogP contribution is -2.64. The average molecular weight is 465 g/mol. The number of carbonyl (C=O) groups excluding carboxylic acids is 2. The fourth-order valence-corrected chi connectivity index (χ4v) is 6.12. The van der Waals surface area contributed by atoms with Crippen LogP contribution in [0, 0.1) is 5.92 Å². The summed E-state index contributed by atoms with van der Waals surface area (Å²) in [5, 5.41) is 13.5. The van der Waals surface area contributed by atoms with E-state index in [1.165, 1.54) is 0 Å². The molecule has 5 fully saturated rings. The summed E-state index contributed by atoms with van der Waals surface area (Å²) in [4.78, 5) is 30.2. The van der Waals surface area contributed by atoms with Crippen molar-refractivity contribution in [2.45, 2.75) is 81.9 Å². The van der Waals surface area contributed by atoms with Gasteiger partial charge in [0.25, 0.3) is 0 Å². The van der Waals surface area contributed by atoms with E-state index in [2.05, 4.69) is 26.2 Å². The van der Waals surface area contributed by atoms with Crippen molar-refractivity contribution in [2.24, 2.45) is 5.92 Å². The maximum Gasteiger partial charge on any atom is 0.317 e. The Balaban J connectivity index is 1.06. The molecular formula is C23H40N6O4. The lowest BCUT2D eigenvalue weighted by atomic mass is 9.83. The fraction of sp³-hybridized carbons (Fsp3) is 0.913. The summed E-state index contributed by atoms with van der Waals surface area (Å²) in [5.74, 6) is -0.0288. The second-order valence-electron chi connectivity index (χ2n) is 10.2. The van der Waals surface area contributed by atoms with Crippen molar-refractivity contribution in [3.05, 3.63) is 0 Å². The molecule has 5 rings (SSSR count). The Hall–Kier alpha value is -1.46. The molecule has 5 unspecified atom stereocenters. The van der Waals surface area contributed by atoms with Crippen LogP contribution in [0.25, 0.3) is 0 Å². The highest BCUT2D eigenvalue weighted by Crippen LogP contribution is 2.33. The van der Waals surface area contributed by atoms with Gasteiger partial charge in [0.1, 0.15) is 13.1 Å². The molecule has 5 atom stereocenters. The molecule has 3 saturated heterocycles. The Morgan fingerprint density at radius 2 is 1.55 bits per heavy atom. The van der Waals surface area contributed by atoms with Crippen LogP contribution in [0.15, 0.2) is 0 Å². The second-order valence-corrected chi connectivity index (χ2v) is 10.2. The van der Waals surface area contributed by atoms with Crippen LogP contribution in [-0.4, -0.2) is 98.4 Å². The first-order chi connectivity index (χ1) is 16.2. The summed E-state index contributed by atoms with van der Waals surface area (Å²) in [5.41, 5.74) is 0. The predicted molar refractivity (Wildman–Crippen MR) is 122 cm³/mol. The number of nitrogens with zero attached hydrogens (tertiary/aromatic N) is 2. The normalized spacial score (nSPS) is 36.2. The minimum Gasteiger partial charge on any atom is -0.353 e. The summed E-state index contributed by atoms with van der Waals surface area (Å²) in [6, 6.07) is 0.254. The minimum atomic E-state index is -0.120. The minimum absolute atomic E-state index is 0.0304. The Labute approximate surface area is 196 Å². The van der Waals surface area contributed by atoms with Crippen molar-refractivity contribution in [1.29, 1.82) is 0 Å². The van der Waals surface area contributed by atoms with Crippen molar-refractivity contribution in [1.82, 2.24) is 31.1 Å². The molecule has 0 radical (unpaired) electrons. The lowest BCUT2D eigenvalue weighted by Gasteiger charge is -2.41. The Morgan fingerprint density at radius 1 is 0.818 bits per heavy atom. The van der Waals surface area contributed by atoms with E-state index < -0.39 is 0 Å². The monoisotopic (exact) mass is 464 g/mol. The van der Waals surface area contributed by atoms with Gasteiger partial charge in [-0.3, -0.25) is 20.3 Å². The third-order valence-corrected chi connectivity index (χ3v) is 7.99. The first-order valence-corrected chi connectivity index (χ1v) is 13.0. The van der Waals surface area contributed by atoms with Gasteiger partial charge in [-0.1, -0.05) is 0 Å². The van der Waals surface area contributed by atoms with Crippen molar-refractivity contribution >= 4 is 11.9 Å². The lowest BCUT2D eigenvalue weighted by molar-refractivity contribution is -0.131. The summed E-state index contributed by atoms with van der Waals surface area (Å²) in [7, 11) is 0. The van der Waals surface area contributed by atoms with E-state index in [4.69, 9.17) is 9.47 Å². The molecule has 2 saturated carbocycles. The van der Waals surface area contributed by atoms with Crippen LogP contribution in [-0.2, 0) is 14.3 Å². The number of ether oxygens (including phenoxy) is 2. The average Bonchev–Trinajstić information content (AvgIpc) is 3.34. The standard InChI is InChI=1S/C23H40N6O4/c30-21(18-6-2-7-19-20(18)33-15-32-19)26-16-4-1-5-17(14-16)27-23(31)29-12-10-28(11-13-29)22-24-8-3-9-25-22/h16-20,22,24-25H,1-15H2,(H,26,30)(H,27,31). The molecule has 0 aromatic carbocycles. The Kier molecular flexibility index (Phi) is 7.66. The van der Waals surface area contributed by atoms with E-state index in [9.17, 15) is 9.59 Å². The molecule has 0 aromatic rings. The van der Waals surface area contributed by atoms with Gasteiger partial charge in [0.2, 0.25) is 5.91 Å². The molecule has 10 heteroatoms. The number of urea groups is 1. The molecule has 5 aliphatic rings. The van der Waals surface area contributed by atoms with Gasteiger partial charge >= 0.3 is 6.03 Å². The molecule has 186 valence electrons. The zero-order chi connectivity index (χ0) is 22.6. The van der Waals surface area contributed by atoms with Gasteiger partial charge in [-0.15, -0.1) is 0 Å². The highest BCUT2D eigenvalue weighted by molar-refractivity contribution is 5.80. The predicted octanol–water partition coefficient (Wildman–Crippen LogP) is 0.149. The maximum atomic E-state index is 13.0. The first-order valence-electron chi connectivity index (χ1n) is 13.0. The third-order valence-electron chi connectivity index (χ3n) is 7.99. The van der Waals surface area contributed by atoms with Crippen molar-refractivity contribution in [3.8, 4) is 0 Å². The number of carbonyl (C=O) groups is 2. The third kappa shape index (κ3) is 5.62. The van der Waals surface area contributed by atoms with E-state index in [1.807, 2.05) is 4.90 Å². The number of piperazine rings is 1. The highest BCUT2D eigenvalue weighted by Gasteiger charge is 2.43. The van der Waals surface area contributed by atoms with Gasteiger partial charge in [0.05, 0.1) is 18.1 Å². The summed E-state index contributed by atoms with van der Waals surface area (Å²) in [6.07, 6.45) is 7.95. The van der Waals surface area contributed by atoms with Crippen LogP contribution in [0.1, 0.15) is 51.4 Å². The van der Waals surface area contributed by atoms with Gasteiger partial charge in [-0.05, 0) is 64.5 Å². The van der Waals surface area contributed by atoms with E-state index in [0.29, 0.717) is 6.79 Å². The largest absolute Gasteiger partial charge is 0.353 e. The fourth-order valence-electron chi connectivity index (χ4n) is 6.12. The second kappa shape index (κ2) is 10.9. The molecule has 0 spiro atoms. The van der Waals surface area contributed by atoms with Crippen LogP contribution >= 0.6 is 0 Å². The zero-order valence-corrected chi connectivity index (χ0v) is 19.6. The smallest absolute Gasteiger partial charge is 0.317 e. The van der Waals surface area contributed by atoms with E-state index in [0.717, 1.165) is 90.6 Å². The molecule has 3 heterocycles. The number of fused-ring (bicyclic) bond motifs is 1. The van der Waals surface area contributed by atoms with E-state index in [1.54, 1.807) is 0 Å². The molecular weight excluding hydrogens is 424 g/mol. The summed E-state index contributed by atoms with van der Waals surface area (Å²) >= 11 is 0. The molecule has 3 amide bonds. The Bertz CT molecular complexity index is 682. The molecule has 3 aliphatic heterocycles. The number of amides is 3. The van der Waals surface area contributed by atoms with Gasteiger partial charge in [0.15, 0.2) is 0 Å². The van der Waals surface area contributed by atoms with Gasteiger partial charge in [-0.25, -0.2) is 4.79 Å². The maximum absolute atomic E-state index is 13.0. The Morgan fingerprint density at radius 3 is 2.33 bits per heavy atom. The van der Waals surface area contributed by atoms with Crippen LogP contribution in [0.3, 0.4) is 0 Å². The van der Waals surface area contributed by atoms with Crippen LogP contribution in [0.5, 0.6) is 0 Å². The van der Waals surface area contributed by atoms with Crippen LogP contribution in [0.2, 0.25) is 0 Å². The molecule has 4 N–H and O–H groups in total. The van der Waals surface area contributed by atoms with E-state index >= 15 is 0 Å². The first kappa shape index (κ1) is 23.3. The SMILES string of the molecule is O=C(NC1CCCC(NC(=O)N2CCN(C3NCCCN3)CC2)C1)C1CCCC2OCOC21. The van der Waals surface area contributed by atoms with E-state index in [-0.39, 0.29) is 48.4 Å². The van der Waals surface area contributed by atoms with Gasteiger partial charge < -0.3 is 25.0 Å². The molecule has 33 heavy (non-hydrogen) atoms. The van der Waals surface area contributed by atoms with Crippen molar-refractivity contribution in [3.63, 3.8) is 0 Å². The number of rotatable bonds is 4. The molecule has 10 nitrogen and oxygen atoms in total.